The number of methoxy groups -OCH3 is 1. The van der Waals surface area contributed by atoms with Gasteiger partial charge in [0.25, 0.3) is 11.8 Å². The molecule has 0 bridgehead atoms. The normalized spacial score (nSPS) is 13.9. The number of nitrogens with zero attached hydrogens (tertiary/aromatic N) is 3. The highest BCUT2D eigenvalue weighted by Crippen LogP contribution is 2.16. The van der Waals surface area contributed by atoms with E-state index in [1.165, 1.54) is 11.3 Å². The second-order valence-electron chi connectivity index (χ2n) is 5.64. The number of hydrogen-bond donors (Lipinski definition) is 1. The van der Waals surface area contributed by atoms with Crippen LogP contribution >= 0.6 is 23.7 Å². The van der Waals surface area contributed by atoms with E-state index in [4.69, 9.17) is 10.5 Å². The van der Waals surface area contributed by atoms with Crippen LogP contribution in [0.4, 0.5) is 0 Å². The van der Waals surface area contributed by atoms with Gasteiger partial charge in [-0.05, 0) is 24.3 Å². The Kier molecular flexibility index (Phi) is 6.96. The molecule has 7 nitrogen and oxygen atoms in total. The Morgan fingerprint density at radius 1 is 1.12 bits per heavy atom. The summed E-state index contributed by atoms with van der Waals surface area (Å²) in [5, 5.41) is 2.48. The van der Waals surface area contributed by atoms with Gasteiger partial charge in [0.15, 0.2) is 0 Å². The molecule has 2 aromatic rings. The number of rotatable bonds is 4. The lowest BCUT2D eigenvalue weighted by atomic mass is 10.1. The van der Waals surface area contributed by atoms with Gasteiger partial charge in [0.2, 0.25) is 0 Å². The van der Waals surface area contributed by atoms with Crippen LogP contribution in [-0.2, 0) is 6.54 Å². The zero-order chi connectivity index (χ0) is 17.8. The molecular formula is C17H21ClN4O3S. The van der Waals surface area contributed by atoms with Gasteiger partial charge in [0, 0.05) is 43.7 Å². The van der Waals surface area contributed by atoms with Crippen molar-refractivity contribution < 1.29 is 14.3 Å². The predicted octanol–water partition coefficient (Wildman–Crippen LogP) is 1.63. The summed E-state index contributed by atoms with van der Waals surface area (Å²) in [6, 6.07) is 7.04. The molecule has 1 fully saturated rings. The number of benzene rings is 1. The van der Waals surface area contributed by atoms with Crippen molar-refractivity contribution in [1.29, 1.82) is 0 Å². The number of amides is 2. The molecule has 26 heavy (non-hydrogen) atoms. The number of hydrogen-bond acceptors (Lipinski definition) is 6. The summed E-state index contributed by atoms with van der Waals surface area (Å²) in [4.78, 5) is 32.7. The summed E-state index contributed by atoms with van der Waals surface area (Å²) in [6.45, 7) is 2.34. The Morgan fingerprint density at radius 3 is 2.19 bits per heavy atom. The van der Waals surface area contributed by atoms with Gasteiger partial charge in [-0.25, -0.2) is 4.98 Å². The summed E-state index contributed by atoms with van der Waals surface area (Å²) >= 11 is 1.39. The van der Waals surface area contributed by atoms with Crippen LogP contribution in [0.25, 0.3) is 0 Å². The molecule has 1 aromatic heterocycles. The molecule has 1 saturated heterocycles. The van der Waals surface area contributed by atoms with Gasteiger partial charge >= 0.3 is 0 Å². The number of ether oxygens (including phenoxy) is 1. The third-order valence-electron chi connectivity index (χ3n) is 4.14. The molecule has 0 spiro atoms. The van der Waals surface area contributed by atoms with Crippen molar-refractivity contribution in [3.05, 3.63) is 45.9 Å². The predicted molar refractivity (Wildman–Crippen MR) is 102 cm³/mol. The second kappa shape index (κ2) is 8.98. The summed E-state index contributed by atoms with van der Waals surface area (Å²) in [7, 11) is 1.59. The lowest BCUT2D eigenvalue weighted by Crippen LogP contribution is -2.50. The van der Waals surface area contributed by atoms with Crippen LogP contribution in [0.1, 0.15) is 25.9 Å². The third kappa shape index (κ3) is 4.32. The maximum atomic E-state index is 12.5. The standard InChI is InChI=1S/C17H20N4O3S.ClH/c1-24-13-4-2-12(3-5-13)16(22)20-6-8-21(9-7-20)17(23)14-11-25-15(10-18)19-14;/h2-5,11H,6-10,18H2,1H3;1H. The van der Waals surface area contributed by atoms with Crippen LogP contribution in [0.2, 0.25) is 0 Å². The first-order valence-electron chi connectivity index (χ1n) is 7.99. The van der Waals surface area contributed by atoms with Crippen LogP contribution in [0.3, 0.4) is 0 Å². The van der Waals surface area contributed by atoms with Gasteiger partial charge in [-0.3, -0.25) is 9.59 Å². The quantitative estimate of drug-likeness (QED) is 0.848. The average Bonchev–Trinajstić information content (AvgIpc) is 3.16. The molecule has 2 heterocycles. The summed E-state index contributed by atoms with van der Waals surface area (Å²) in [6.07, 6.45) is 0. The highest BCUT2D eigenvalue weighted by molar-refractivity contribution is 7.09. The topological polar surface area (TPSA) is 88.8 Å². The summed E-state index contributed by atoms with van der Waals surface area (Å²) in [5.74, 6) is 0.577. The lowest BCUT2D eigenvalue weighted by molar-refractivity contribution is 0.0532. The molecule has 9 heteroatoms. The molecule has 0 saturated carbocycles. The SMILES string of the molecule is COc1ccc(C(=O)N2CCN(C(=O)c3csc(CN)n3)CC2)cc1.Cl. The van der Waals surface area contributed by atoms with Crippen LogP contribution < -0.4 is 10.5 Å². The smallest absolute Gasteiger partial charge is 0.273 e. The van der Waals surface area contributed by atoms with Gasteiger partial charge in [-0.15, -0.1) is 23.7 Å². The first-order chi connectivity index (χ1) is 12.1. The fourth-order valence-corrected chi connectivity index (χ4v) is 3.34. The summed E-state index contributed by atoms with van der Waals surface area (Å²) in [5.41, 5.74) is 6.59. The van der Waals surface area contributed by atoms with Gasteiger partial charge in [0.05, 0.1) is 7.11 Å². The number of carbonyl (C=O) groups excluding carboxylic acids is 2. The molecule has 140 valence electrons. The molecule has 1 aliphatic rings. The molecule has 0 atom stereocenters. The minimum absolute atomic E-state index is 0. The first kappa shape index (κ1) is 20.2. The van der Waals surface area contributed by atoms with Crippen molar-refractivity contribution in [3.8, 4) is 5.75 Å². The third-order valence-corrected chi connectivity index (χ3v) is 5.01. The zero-order valence-corrected chi connectivity index (χ0v) is 16.0. The van der Waals surface area contributed by atoms with Gasteiger partial charge in [-0.2, -0.15) is 0 Å². The molecular weight excluding hydrogens is 376 g/mol. The number of aromatic nitrogens is 1. The number of carbonyl (C=O) groups is 2. The van der Waals surface area contributed by atoms with Crippen molar-refractivity contribution in [2.75, 3.05) is 33.3 Å². The monoisotopic (exact) mass is 396 g/mol. The molecule has 0 aliphatic carbocycles. The molecule has 0 radical (unpaired) electrons. The van der Waals surface area contributed by atoms with E-state index in [9.17, 15) is 9.59 Å². The van der Waals surface area contributed by atoms with E-state index in [0.29, 0.717) is 49.7 Å². The van der Waals surface area contributed by atoms with E-state index in [2.05, 4.69) is 4.98 Å². The lowest BCUT2D eigenvalue weighted by Gasteiger charge is -2.34. The fraction of sp³-hybridized carbons (Fsp3) is 0.353. The molecule has 2 amide bonds. The van der Waals surface area contributed by atoms with Crippen molar-refractivity contribution in [2.24, 2.45) is 5.73 Å². The Labute approximate surface area is 162 Å². The molecule has 0 unspecified atom stereocenters. The summed E-state index contributed by atoms with van der Waals surface area (Å²) < 4.78 is 5.10. The zero-order valence-electron chi connectivity index (χ0n) is 14.4. The van der Waals surface area contributed by atoms with E-state index >= 15 is 0 Å². The Bertz CT molecular complexity index is 758. The van der Waals surface area contributed by atoms with E-state index in [1.54, 1.807) is 46.6 Å². The first-order valence-corrected chi connectivity index (χ1v) is 8.87. The van der Waals surface area contributed by atoms with E-state index < -0.39 is 0 Å². The molecule has 1 aliphatic heterocycles. The largest absolute Gasteiger partial charge is 0.497 e. The molecule has 3 rings (SSSR count). The van der Waals surface area contributed by atoms with Crippen LogP contribution in [0, 0.1) is 0 Å². The number of piperazine rings is 1. The van der Waals surface area contributed by atoms with Gasteiger partial charge < -0.3 is 20.3 Å². The number of thiazole rings is 1. The Balaban J connectivity index is 0.00000243. The molecule has 1 aromatic carbocycles. The fourth-order valence-electron chi connectivity index (χ4n) is 2.69. The minimum atomic E-state index is -0.104. The van der Waals surface area contributed by atoms with Crippen LogP contribution in [-0.4, -0.2) is 59.9 Å². The maximum Gasteiger partial charge on any atom is 0.273 e. The van der Waals surface area contributed by atoms with Crippen molar-refractivity contribution in [2.45, 2.75) is 6.54 Å². The Hall–Kier alpha value is -2.16. The molecule has 2 N–H and O–H groups in total. The van der Waals surface area contributed by atoms with Crippen LogP contribution in [0.15, 0.2) is 29.6 Å². The Morgan fingerprint density at radius 2 is 1.69 bits per heavy atom. The second-order valence-corrected chi connectivity index (χ2v) is 6.59. The minimum Gasteiger partial charge on any atom is -0.497 e. The van der Waals surface area contributed by atoms with Gasteiger partial charge in [0.1, 0.15) is 16.5 Å². The van der Waals surface area contributed by atoms with E-state index in [-0.39, 0.29) is 24.2 Å². The average molecular weight is 397 g/mol. The van der Waals surface area contributed by atoms with Crippen molar-refractivity contribution >= 4 is 35.6 Å². The number of halogens is 1. The maximum absolute atomic E-state index is 12.5. The van der Waals surface area contributed by atoms with Crippen LogP contribution in [0.5, 0.6) is 5.75 Å². The van der Waals surface area contributed by atoms with Crippen molar-refractivity contribution in [1.82, 2.24) is 14.8 Å². The highest BCUT2D eigenvalue weighted by Gasteiger charge is 2.26. The number of nitrogens with two attached hydrogens (primary N) is 1. The van der Waals surface area contributed by atoms with E-state index in [0.717, 1.165) is 5.01 Å². The van der Waals surface area contributed by atoms with Crippen molar-refractivity contribution in [3.63, 3.8) is 0 Å². The van der Waals surface area contributed by atoms with E-state index in [1.807, 2.05) is 0 Å². The van der Waals surface area contributed by atoms with Gasteiger partial charge in [-0.1, -0.05) is 0 Å². The highest BCUT2D eigenvalue weighted by atomic mass is 35.5.